The molecule has 2 rings (SSSR count). The molecule has 1 aliphatic heterocycles. The SMILES string of the molecule is CC1COCC(c2cccc(N(C)C)c2)C1. The molecule has 0 spiro atoms. The van der Waals surface area contributed by atoms with Gasteiger partial charge in [0.2, 0.25) is 0 Å². The van der Waals surface area contributed by atoms with Gasteiger partial charge < -0.3 is 9.64 Å². The van der Waals surface area contributed by atoms with Gasteiger partial charge in [0, 0.05) is 32.3 Å². The predicted octanol–water partition coefficient (Wildman–Crippen LogP) is 2.89. The van der Waals surface area contributed by atoms with Gasteiger partial charge in [-0.25, -0.2) is 0 Å². The molecule has 1 aromatic carbocycles. The fourth-order valence-corrected chi connectivity index (χ4v) is 2.32. The molecule has 0 aromatic heterocycles. The number of hydrogen-bond donors (Lipinski definition) is 0. The average Bonchev–Trinajstić information content (AvgIpc) is 2.29. The van der Waals surface area contributed by atoms with Crippen LogP contribution in [0.3, 0.4) is 0 Å². The number of nitrogens with zero attached hydrogens (tertiary/aromatic N) is 1. The van der Waals surface area contributed by atoms with E-state index in [-0.39, 0.29) is 0 Å². The van der Waals surface area contributed by atoms with E-state index in [1.54, 1.807) is 0 Å². The van der Waals surface area contributed by atoms with Gasteiger partial charge in [-0.15, -0.1) is 0 Å². The third-order valence-corrected chi connectivity index (χ3v) is 3.27. The second-order valence-electron chi connectivity index (χ2n) is 5.06. The van der Waals surface area contributed by atoms with Gasteiger partial charge in [0.15, 0.2) is 0 Å². The molecule has 0 aliphatic carbocycles. The highest BCUT2D eigenvalue weighted by molar-refractivity contribution is 5.48. The molecule has 1 aromatic rings. The summed E-state index contributed by atoms with van der Waals surface area (Å²) in [7, 11) is 4.16. The van der Waals surface area contributed by atoms with Crippen molar-refractivity contribution in [3.8, 4) is 0 Å². The van der Waals surface area contributed by atoms with Crippen LogP contribution in [0.4, 0.5) is 5.69 Å². The Morgan fingerprint density at radius 1 is 1.25 bits per heavy atom. The van der Waals surface area contributed by atoms with Gasteiger partial charge in [-0.1, -0.05) is 19.1 Å². The van der Waals surface area contributed by atoms with E-state index in [4.69, 9.17) is 4.74 Å². The van der Waals surface area contributed by atoms with E-state index in [1.165, 1.54) is 17.7 Å². The van der Waals surface area contributed by atoms with Crippen LogP contribution in [-0.4, -0.2) is 27.3 Å². The normalized spacial score (nSPS) is 25.4. The summed E-state index contributed by atoms with van der Waals surface area (Å²) in [4.78, 5) is 2.15. The Bertz CT molecular complexity index is 348. The molecule has 2 unspecified atom stereocenters. The summed E-state index contributed by atoms with van der Waals surface area (Å²) in [6.07, 6.45) is 1.25. The largest absolute Gasteiger partial charge is 0.381 e. The molecule has 2 atom stereocenters. The van der Waals surface area contributed by atoms with Crippen molar-refractivity contribution in [2.45, 2.75) is 19.3 Å². The molecule has 0 amide bonds. The van der Waals surface area contributed by atoms with Crippen LogP contribution in [0.2, 0.25) is 0 Å². The molecule has 1 heterocycles. The summed E-state index contributed by atoms with van der Waals surface area (Å²) < 4.78 is 5.64. The van der Waals surface area contributed by atoms with Crippen LogP contribution in [-0.2, 0) is 4.74 Å². The lowest BCUT2D eigenvalue weighted by molar-refractivity contribution is 0.0457. The Labute approximate surface area is 98.2 Å². The van der Waals surface area contributed by atoms with Gasteiger partial charge in [-0.2, -0.15) is 0 Å². The van der Waals surface area contributed by atoms with Gasteiger partial charge in [0.1, 0.15) is 0 Å². The fourth-order valence-electron chi connectivity index (χ4n) is 2.32. The van der Waals surface area contributed by atoms with E-state index in [1.807, 2.05) is 0 Å². The molecule has 0 radical (unpaired) electrons. The molecule has 0 saturated carbocycles. The lowest BCUT2D eigenvalue weighted by Crippen LogP contribution is -2.22. The minimum absolute atomic E-state index is 0.573. The minimum atomic E-state index is 0.573. The highest BCUT2D eigenvalue weighted by atomic mass is 16.5. The van der Waals surface area contributed by atoms with Crippen LogP contribution in [0.15, 0.2) is 24.3 Å². The van der Waals surface area contributed by atoms with Gasteiger partial charge in [0.25, 0.3) is 0 Å². The van der Waals surface area contributed by atoms with Crippen molar-refractivity contribution < 1.29 is 4.74 Å². The van der Waals surface area contributed by atoms with Gasteiger partial charge >= 0.3 is 0 Å². The fraction of sp³-hybridized carbons (Fsp3) is 0.571. The molecule has 2 nitrogen and oxygen atoms in total. The first-order valence-electron chi connectivity index (χ1n) is 6.02. The number of rotatable bonds is 2. The van der Waals surface area contributed by atoms with E-state index in [9.17, 15) is 0 Å². The lowest BCUT2D eigenvalue weighted by atomic mass is 9.88. The number of hydrogen-bond acceptors (Lipinski definition) is 2. The molecule has 1 fully saturated rings. The highest BCUT2D eigenvalue weighted by Gasteiger charge is 2.21. The predicted molar refractivity (Wildman–Crippen MR) is 68.1 cm³/mol. The Morgan fingerprint density at radius 2 is 2.06 bits per heavy atom. The first kappa shape index (κ1) is 11.5. The molecule has 1 aliphatic rings. The van der Waals surface area contributed by atoms with Crippen LogP contribution in [0.5, 0.6) is 0 Å². The van der Waals surface area contributed by atoms with Crippen LogP contribution in [0.25, 0.3) is 0 Å². The number of benzene rings is 1. The van der Waals surface area contributed by atoms with E-state index >= 15 is 0 Å². The molecule has 2 heteroatoms. The first-order chi connectivity index (χ1) is 7.66. The molecule has 1 saturated heterocycles. The zero-order valence-corrected chi connectivity index (χ0v) is 10.4. The molecular formula is C14H21NO. The van der Waals surface area contributed by atoms with Crippen molar-refractivity contribution >= 4 is 5.69 Å². The molecular weight excluding hydrogens is 198 g/mol. The molecule has 0 bridgehead atoms. The zero-order valence-electron chi connectivity index (χ0n) is 10.4. The summed E-state index contributed by atoms with van der Waals surface area (Å²) in [5.74, 6) is 1.26. The maximum Gasteiger partial charge on any atom is 0.0534 e. The van der Waals surface area contributed by atoms with Crippen molar-refractivity contribution in [2.24, 2.45) is 5.92 Å². The van der Waals surface area contributed by atoms with Crippen LogP contribution in [0, 0.1) is 5.92 Å². The summed E-state index contributed by atoms with van der Waals surface area (Å²) in [5.41, 5.74) is 2.69. The second-order valence-corrected chi connectivity index (χ2v) is 5.06. The van der Waals surface area contributed by atoms with Gasteiger partial charge in [-0.3, -0.25) is 0 Å². The highest BCUT2D eigenvalue weighted by Crippen LogP contribution is 2.30. The standard InChI is InChI=1S/C14H21NO/c1-11-7-13(10-16-9-11)12-5-4-6-14(8-12)15(2)3/h4-6,8,11,13H,7,9-10H2,1-3H3. The van der Waals surface area contributed by atoms with Crippen LogP contribution < -0.4 is 4.90 Å². The Hall–Kier alpha value is -1.02. The Kier molecular flexibility index (Phi) is 3.49. The molecule has 88 valence electrons. The maximum absolute atomic E-state index is 5.64. The summed E-state index contributed by atoms with van der Waals surface area (Å²) in [5, 5.41) is 0. The molecule has 16 heavy (non-hydrogen) atoms. The third-order valence-electron chi connectivity index (χ3n) is 3.27. The van der Waals surface area contributed by atoms with Crippen LogP contribution in [0.1, 0.15) is 24.8 Å². The quantitative estimate of drug-likeness (QED) is 0.758. The van der Waals surface area contributed by atoms with Crippen molar-refractivity contribution in [1.29, 1.82) is 0 Å². The van der Waals surface area contributed by atoms with E-state index in [2.05, 4.69) is 50.2 Å². The zero-order chi connectivity index (χ0) is 11.5. The van der Waals surface area contributed by atoms with Crippen molar-refractivity contribution in [3.05, 3.63) is 29.8 Å². The van der Waals surface area contributed by atoms with Crippen molar-refractivity contribution in [3.63, 3.8) is 0 Å². The molecule has 0 N–H and O–H groups in total. The van der Waals surface area contributed by atoms with E-state index in [0.717, 1.165) is 13.2 Å². The second kappa shape index (κ2) is 4.88. The summed E-state index contributed by atoms with van der Waals surface area (Å²) in [6, 6.07) is 8.80. The lowest BCUT2D eigenvalue weighted by Gasteiger charge is -2.28. The third kappa shape index (κ3) is 2.56. The number of anilines is 1. The van der Waals surface area contributed by atoms with E-state index in [0.29, 0.717) is 11.8 Å². The van der Waals surface area contributed by atoms with E-state index < -0.39 is 0 Å². The topological polar surface area (TPSA) is 12.5 Å². The Morgan fingerprint density at radius 3 is 2.75 bits per heavy atom. The number of ether oxygens (including phenoxy) is 1. The summed E-state index contributed by atoms with van der Waals surface area (Å²) in [6.45, 7) is 4.06. The van der Waals surface area contributed by atoms with Gasteiger partial charge in [0.05, 0.1) is 6.61 Å². The summed E-state index contributed by atoms with van der Waals surface area (Å²) >= 11 is 0. The Balaban J connectivity index is 2.16. The van der Waals surface area contributed by atoms with Crippen molar-refractivity contribution in [2.75, 3.05) is 32.2 Å². The van der Waals surface area contributed by atoms with Crippen molar-refractivity contribution in [1.82, 2.24) is 0 Å². The van der Waals surface area contributed by atoms with Gasteiger partial charge in [-0.05, 0) is 30.0 Å². The monoisotopic (exact) mass is 219 g/mol. The smallest absolute Gasteiger partial charge is 0.0534 e. The van der Waals surface area contributed by atoms with Crippen LogP contribution >= 0.6 is 0 Å². The minimum Gasteiger partial charge on any atom is -0.381 e. The maximum atomic E-state index is 5.64. The average molecular weight is 219 g/mol. The first-order valence-corrected chi connectivity index (χ1v) is 6.02.